The molecular weight excluding hydrogens is 434 g/mol. The number of aliphatic hydroxyl groups is 1. The molecule has 0 spiro atoms. The van der Waals surface area contributed by atoms with E-state index < -0.39 is 11.8 Å². The number of alkyl halides is 2. The van der Waals surface area contributed by atoms with Gasteiger partial charge in [0, 0.05) is 38.7 Å². The van der Waals surface area contributed by atoms with Gasteiger partial charge in [0.2, 0.25) is 0 Å². The summed E-state index contributed by atoms with van der Waals surface area (Å²) in [5.74, 6) is -2.43. The third kappa shape index (κ3) is 7.12. The number of aliphatic hydroxyl groups excluding tert-OH is 1. The van der Waals surface area contributed by atoms with Crippen LogP contribution in [0, 0.1) is 12.8 Å². The van der Waals surface area contributed by atoms with E-state index in [0.29, 0.717) is 44.1 Å². The lowest BCUT2D eigenvalue weighted by Gasteiger charge is -2.30. The fourth-order valence-corrected chi connectivity index (χ4v) is 3.86. The summed E-state index contributed by atoms with van der Waals surface area (Å²) < 4.78 is 37.1. The molecule has 0 saturated carbocycles. The lowest BCUT2D eigenvalue weighted by atomic mass is 9.92. The van der Waals surface area contributed by atoms with Gasteiger partial charge in [0.15, 0.2) is 0 Å². The van der Waals surface area contributed by atoms with E-state index in [2.05, 4.69) is 20.0 Å². The summed E-state index contributed by atoms with van der Waals surface area (Å²) in [6, 6.07) is 5.41. The van der Waals surface area contributed by atoms with Gasteiger partial charge in [-0.2, -0.15) is 13.8 Å². The molecule has 2 heterocycles. The summed E-state index contributed by atoms with van der Waals surface area (Å²) in [7, 11) is 0. The average Bonchev–Trinajstić information content (AvgIpc) is 3.28. The minimum atomic E-state index is -3.13. The Morgan fingerprint density at radius 3 is 2.73 bits per heavy atom. The van der Waals surface area contributed by atoms with E-state index in [1.165, 1.54) is 0 Å². The van der Waals surface area contributed by atoms with Crippen molar-refractivity contribution in [2.45, 2.75) is 51.9 Å². The van der Waals surface area contributed by atoms with Crippen molar-refractivity contribution < 1.29 is 27.9 Å². The van der Waals surface area contributed by atoms with Crippen molar-refractivity contribution in [2.75, 3.05) is 37.7 Å². The second-order valence-electron chi connectivity index (χ2n) is 8.52. The molecule has 10 heteroatoms. The summed E-state index contributed by atoms with van der Waals surface area (Å²) in [5.41, 5.74) is 1.44. The van der Waals surface area contributed by atoms with Gasteiger partial charge in [-0.3, -0.25) is 4.79 Å². The third-order valence-corrected chi connectivity index (χ3v) is 5.78. The van der Waals surface area contributed by atoms with Gasteiger partial charge in [-0.05, 0) is 73.9 Å². The number of benzene rings is 1. The Kier molecular flexibility index (Phi) is 8.60. The SMILES string of the molecule is Cc1cc(OCCCC2CCN(c3noc(C(C)(F)F)n3)CC2)ccc1C(=O)NCCCO. The van der Waals surface area contributed by atoms with E-state index in [4.69, 9.17) is 9.84 Å². The first-order valence-corrected chi connectivity index (χ1v) is 11.4. The normalized spacial score (nSPS) is 15.0. The molecule has 2 N–H and O–H groups in total. The first-order valence-electron chi connectivity index (χ1n) is 11.4. The second-order valence-corrected chi connectivity index (χ2v) is 8.52. The molecule has 2 aromatic rings. The number of aryl methyl sites for hydroxylation is 1. The highest BCUT2D eigenvalue weighted by molar-refractivity contribution is 5.95. The maximum absolute atomic E-state index is 13.3. The van der Waals surface area contributed by atoms with Gasteiger partial charge in [-0.15, -0.1) is 0 Å². The number of carbonyl (C=O) groups is 1. The first-order chi connectivity index (χ1) is 15.8. The van der Waals surface area contributed by atoms with Crippen molar-refractivity contribution in [3.63, 3.8) is 0 Å². The molecule has 33 heavy (non-hydrogen) atoms. The number of piperidine rings is 1. The molecule has 8 nitrogen and oxygen atoms in total. The number of anilines is 1. The zero-order valence-corrected chi connectivity index (χ0v) is 19.1. The number of ether oxygens (including phenoxy) is 1. The molecule has 1 fully saturated rings. The van der Waals surface area contributed by atoms with Crippen LogP contribution in [0.15, 0.2) is 22.7 Å². The van der Waals surface area contributed by atoms with Gasteiger partial charge in [0.05, 0.1) is 6.61 Å². The van der Waals surface area contributed by atoms with Crippen molar-refractivity contribution in [3.8, 4) is 5.75 Å². The van der Waals surface area contributed by atoms with Crippen LogP contribution in [0.1, 0.15) is 60.8 Å². The van der Waals surface area contributed by atoms with Gasteiger partial charge >= 0.3 is 5.92 Å². The summed E-state index contributed by atoms with van der Waals surface area (Å²) in [5, 5.41) is 15.3. The Bertz CT molecular complexity index is 908. The Morgan fingerprint density at radius 1 is 1.33 bits per heavy atom. The third-order valence-electron chi connectivity index (χ3n) is 5.78. The van der Waals surface area contributed by atoms with Gasteiger partial charge in [-0.1, -0.05) is 0 Å². The van der Waals surface area contributed by atoms with Crippen molar-refractivity contribution in [1.82, 2.24) is 15.5 Å². The zero-order chi connectivity index (χ0) is 23.8. The summed E-state index contributed by atoms with van der Waals surface area (Å²) in [6.07, 6.45) is 4.32. The van der Waals surface area contributed by atoms with Gasteiger partial charge in [0.25, 0.3) is 17.7 Å². The lowest BCUT2D eigenvalue weighted by molar-refractivity contribution is -0.0158. The van der Waals surface area contributed by atoms with E-state index >= 15 is 0 Å². The molecule has 1 saturated heterocycles. The molecule has 0 unspecified atom stereocenters. The Labute approximate surface area is 192 Å². The zero-order valence-electron chi connectivity index (χ0n) is 19.1. The molecule has 0 atom stereocenters. The highest BCUT2D eigenvalue weighted by atomic mass is 19.3. The largest absolute Gasteiger partial charge is 0.494 e. The molecule has 1 aromatic heterocycles. The van der Waals surface area contributed by atoms with Crippen molar-refractivity contribution in [1.29, 1.82) is 0 Å². The van der Waals surface area contributed by atoms with Crippen molar-refractivity contribution in [2.24, 2.45) is 5.92 Å². The number of amides is 1. The Balaban J connectivity index is 1.36. The maximum Gasteiger partial charge on any atom is 0.322 e. The number of hydrogen-bond donors (Lipinski definition) is 2. The quantitative estimate of drug-likeness (QED) is 0.487. The van der Waals surface area contributed by atoms with Gasteiger partial charge in [-0.25, -0.2) is 0 Å². The molecule has 3 rings (SSSR count). The number of carbonyl (C=O) groups excluding carboxylic acids is 1. The number of halogens is 2. The van der Waals surface area contributed by atoms with Crippen LogP contribution in [0.25, 0.3) is 0 Å². The molecule has 1 aliphatic heterocycles. The minimum absolute atomic E-state index is 0.0469. The number of rotatable bonds is 11. The van der Waals surface area contributed by atoms with E-state index in [1.54, 1.807) is 12.1 Å². The Morgan fingerprint density at radius 2 is 2.09 bits per heavy atom. The van der Waals surface area contributed by atoms with Crippen LogP contribution in [0.5, 0.6) is 5.75 Å². The smallest absolute Gasteiger partial charge is 0.322 e. The highest BCUT2D eigenvalue weighted by Crippen LogP contribution is 2.29. The number of nitrogens with zero attached hydrogens (tertiary/aromatic N) is 3. The van der Waals surface area contributed by atoms with Crippen LogP contribution < -0.4 is 15.0 Å². The minimum Gasteiger partial charge on any atom is -0.494 e. The number of aromatic nitrogens is 2. The summed E-state index contributed by atoms with van der Waals surface area (Å²) in [4.78, 5) is 17.9. The van der Waals surface area contributed by atoms with E-state index in [-0.39, 0.29) is 18.5 Å². The van der Waals surface area contributed by atoms with Crippen LogP contribution in [0.2, 0.25) is 0 Å². The topological polar surface area (TPSA) is 101 Å². The predicted octanol–water partition coefficient (Wildman–Crippen LogP) is 3.68. The van der Waals surface area contributed by atoms with Gasteiger partial charge < -0.3 is 24.6 Å². The van der Waals surface area contributed by atoms with Crippen molar-refractivity contribution >= 4 is 11.9 Å². The molecule has 1 aliphatic rings. The molecule has 0 aliphatic carbocycles. The first kappa shape index (κ1) is 24.9. The van der Waals surface area contributed by atoms with Crippen LogP contribution in [-0.2, 0) is 5.92 Å². The van der Waals surface area contributed by atoms with E-state index in [0.717, 1.165) is 43.9 Å². The van der Waals surface area contributed by atoms with Gasteiger partial charge in [0.1, 0.15) is 5.75 Å². The maximum atomic E-state index is 13.3. The molecule has 1 aromatic carbocycles. The molecule has 182 valence electrons. The number of hydrogen-bond acceptors (Lipinski definition) is 7. The number of nitrogens with one attached hydrogen (secondary N) is 1. The van der Waals surface area contributed by atoms with E-state index in [9.17, 15) is 13.6 Å². The van der Waals surface area contributed by atoms with Crippen LogP contribution in [-0.4, -0.2) is 54.0 Å². The monoisotopic (exact) mass is 466 g/mol. The molecule has 0 radical (unpaired) electrons. The summed E-state index contributed by atoms with van der Waals surface area (Å²) in [6.45, 7) is 5.10. The molecule has 1 amide bonds. The summed E-state index contributed by atoms with van der Waals surface area (Å²) >= 11 is 0. The fourth-order valence-electron chi connectivity index (χ4n) is 3.86. The molecular formula is C23H32F2N4O4. The predicted molar refractivity (Wildman–Crippen MR) is 119 cm³/mol. The Hall–Kier alpha value is -2.75. The van der Waals surface area contributed by atoms with E-state index in [1.807, 2.05) is 17.9 Å². The average molecular weight is 467 g/mol. The standard InChI is InChI=1S/C23H32F2N4O4/c1-16-15-18(6-7-19(16)20(31)26-10-4-13-30)32-14-3-5-17-8-11-29(12-9-17)22-27-21(33-28-22)23(2,24)25/h6-7,15,17,30H,3-5,8-14H2,1-2H3,(H,26,31). The lowest BCUT2D eigenvalue weighted by Crippen LogP contribution is -2.34. The van der Waals surface area contributed by atoms with Crippen LogP contribution in [0.4, 0.5) is 14.7 Å². The van der Waals surface area contributed by atoms with Crippen molar-refractivity contribution in [3.05, 3.63) is 35.2 Å². The second kappa shape index (κ2) is 11.4. The highest BCUT2D eigenvalue weighted by Gasteiger charge is 2.33. The molecule has 0 bridgehead atoms. The van der Waals surface area contributed by atoms with Crippen LogP contribution in [0.3, 0.4) is 0 Å². The fraction of sp³-hybridized carbons (Fsp3) is 0.609. The van der Waals surface area contributed by atoms with Crippen LogP contribution >= 0.6 is 0 Å².